The van der Waals surface area contributed by atoms with Crippen LogP contribution < -0.4 is 10.6 Å². The first kappa shape index (κ1) is 16.7. The third-order valence-electron chi connectivity index (χ3n) is 3.41. The Morgan fingerprint density at radius 3 is 2.39 bits per heavy atom. The molecule has 2 aromatic carbocycles. The van der Waals surface area contributed by atoms with Crippen molar-refractivity contribution >= 4 is 17.5 Å². The maximum atomic E-state index is 13.1. The number of rotatable bonds is 6. The number of hydrogen-bond donors (Lipinski definition) is 2. The Morgan fingerprint density at radius 1 is 1.00 bits per heavy atom. The number of carbonyl (C=O) groups excluding carboxylic acids is 2. The SMILES string of the molecule is CNC(=O)Cc1ccc(NC(=O)CCc2cccc(F)c2)cc1. The lowest BCUT2D eigenvalue weighted by atomic mass is 10.1. The Kier molecular flexibility index (Phi) is 5.86. The maximum absolute atomic E-state index is 13.1. The summed E-state index contributed by atoms with van der Waals surface area (Å²) in [6.45, 7) is 0. The smallest absolute Gasteiger partial charge is 0.224 e. The van der Waals surface area contributed by atoms with Crippen molar-refractivity contribution in [3.8, 4) is 0 Å². The minimum Gasteiger partial charge on any atom is -0.359 e. The first-order valence-electron chi connectivity index (χ1n) is 7.40. The topological polar surface area (TPSA) is 58.2 Å². The van der Waals surface area contributed by atoms with Crippen molar-refractivity contribution in [3.05, 3.63) is 65.5 Å². The molecular weight excluding hydrogens is 295 g/mol. The van der Waals surface area contributed by atoms with Crippen LogP contribution in [0, 0.1) is 5.82 Å². The molecule has 0 spiro atoms. The highest BCUT2D eigenvalue weighted by molar-refractivity contribution is 5.90. The molecule has 0 aliphatic heterocycles. The van der Waals surface area contributed by atoms with Crippen LogP contribution >= 0.6 is 0 Å². The van der Waals surface area contributed by atoms with E-state index in [-0.39, 0.29) is 24.1 Å². The van der Waals surface area contributed by atoms with E-state index < -0.39 is 0 Å². The summed E-state index contributed by atoms with van der Waals surface area (Å²) in [7, 11) is 1.59. The Bertz CT molecular complexity index is 684. The molecule has 0 aliphatic carbocycles. The lowest BCUT2D eigenvalue weighted by molar-refractivity contribution is -0.120. The minimum absolute atomic E-state index is 0.0584. The van der Waals surface area contributed by atoms with Gasteiger partial charge in [0, 0.05) is 19.2 Å². The van der Waals surface area contributed by atoms with Crippen LogP contribution in [0.1, 0.15) is 17.5 Å². The molecule has 2 amide bonds. The zero-order valence-electron chi connectivity index (χ0n) is 12.9. The van der Waals surface area contributed by atoms with Crippen molar-refractivity contribution < 1.29 is 14.0 Å². The van der Waals surface area contributed by atoms with Crippen molar-refractivity contribution in [2.45, 2.75) is 19.3 Å². The first-order chi connectivity index (χ1) is 11.1. The molecule has 0 unspecified atom stereocenters. The summed E-state index contributed by atoms with van der Waals surface area (Å²) in [4.78, 5) is 23.2. The Hall–Kier alpha value is -2.69. The molecule has 120 valence electrons. The fraction of sp³-hybridized carbons (Fsp3) is 0.222. The van der Waals surface area contributed by atoms with E-state index in [9.17, 15) is 14.0 Å². The van der Waals surface area contributed by atoms with E-state index in [1.54, 1.807) is 43.4 Å². The van der Waals surface area contributed by atoms with Crippen LogP contribution in [0.4, 0.5) is 10.1 Å². The number of anilines is 1. The van der Waals surface area contributed by atoms with Gasteiger partial charge in [-0.3, -0.25) is 9.59 Å². The number of carbonyl (C=O) groups is 2. The van der Waals surface area contributed by atoms with Crippen LogP contribution in [0.2, 0.25) is 0 Å². The standard InChI is InChI=1S/C18H19FN2O2/c1-20-18(23)12-14-5-8-16(9-6-14)21-17(22)10-7-13-3-2-4-15(19)11-13/h2-6,8-9,11H,7,10,12H2,1H3,(H,20,23)(H,21,22). The van der Waals surface area contributed by atoms with E-state index in [2.05, 4.69) is 10.6 Å². The van der Waals surface area contributed by atoms with Crippen molar-refractivity contribution in [3.63, 3.8) is 0 Å². The minimum atomic E-state index is -0.297. The van der Waals surface area contributed by atoms with Gasteiger partial charge in [-0.05, 0) is 41.8 Å². The van der Waals surface area contributed by atoms with E-state index in [1.165, 1.54) is 12.1 Å². The number of aryl methyl sites for hydroxylation is 1. The number of halogens is 1. The highest BCUT2D eigenvalue weighted by atomic mass is 19.1. The van der Waals surface area contributed by atoms with E-state index >= 15 is 0 Å². The normalized spacial score (nSPS) is 10.2. The average Bonchev–Trinajstić information content (AvgIpc) is 2.55. The molecule has 2 rings (SSSR count). The van der Waals surface area contributed by atoms with Crippen LogP contribution in [0.15, 0.2) is 48.5 Å². The van der Waals surface area contributed by atoms with Crippen molar-refractivity contribution in [1.29, 1.82) is 0 Å². The van der Waals surface area contributed by atoms with Gasteiger partial charge in [-0.25, -0.2) is 4.39 Å². The van der Waals surface area contributed by atoms with Gasteiger partial charge in [0.1, 0.15) is 5.82 Å². The third-order valence-corrected chi connectivity index (χ3v) is 3.41. The van der Waals surface area contributed by atoms with Crippen LogP contribution in [0.5, 0.6) is 0 Å². The number of nitrogens with one attached hydrogen (secondary N) is 2. The summed E-state index contributed by atoms with van der Waals surface area (Å²) < 4.78 is 13.1. The number of benzene rings is 2. The van der Waals surface area contributed by atoms with Gasteiger partial charge in [-0.15, -0.1) is 0 Å². The van der Waals surface area contributed by atoms with Crippen LogP contribution in [-0.2, 0) is 22.4 Å². The van der Waals surface area contributed by atoms with Crippen molar-refractivity contribution in [2.75, 3.05) is 12.4 Å². The highest BCUT2D eigenvalue weighted by Gasteiger charge is 2.05. The van der Waals surface area contributed by atoms with Gasteiger partial charge in [0.15, 0.2) is 0 Å². The van der Waals surface area contributed by atoms with E-state index in [1.807, 2.05) is 0 Å². The average molecular weight is 314 g/mol. The molecule has 0 saturated heterocycles. The molecular formula is C18H19FN2O2. The molecule has 0 heterocycles. The Balaban J connectivity index is 1.84. The molecule has 0 aromatic heterocycles. The predicted octanol–water partition coefficient (Wildman–Crippen LogP) is 2.69. The highest BCUT2D eigenvalue weighted by Crippen LogP contribution is 2.12. The first-order valence-corrected chi connectivity index (χ1v) is 7.40. The zero-order valence-corrected chi connectivity index (χ0v) is 12.9. The van der Waals surface area contributed by atoms with Crippen molar-refractivity contribution in [1.82, 2.24) is 5.32 Å². The molecule has 5 heteroatoms. The summed E-state index contributed by atoms with van der Waals surface area (Å²) in [5.41, 5.74) is 2.35. The van der Waals surface area contributed by atoms with Gasteiger partial charge >= 0.3 is 0 Å². The lowest BCUT2D eigenvalue weighted by Crippen LogP contribution is -2.19. The van der Waals surface area contributed by atoms with E-state index in [4.69, 9.17) is 0 Å². The molecule has 23 heavy (non-hydrogen) atoms. The molecule has 0 fully saturated rings. The second-order valence-corrected chi connectivity index (χ2v) is 5.22. The molecule has 0 radical (unpaired) electrons. The number of amides is 2. The Labute approximate surface area is 134 Å². The van der Waals surface area contributed by atoms with Crippen LogP contribution in [0.3, 0.4) is 0 Å². The second kappa shape index (κ2) is 8.08. The summed E-state index contributed by atoms with van der Waals surface area (Å²) >= 11 is 0. The molecule has 0 saturated carbocycles. The Morgan fingerprint density at radius 2 is 1.74 bits per heavy atom. The van der Waals surface area contributed by atoms with Crippen molar-refractivity contribution in [2.24, 2.45) is 0 Å². The van der Waals surface area contributed by atoms with Gasteiger partial charge in [0.25, 0.3) is 0 Å². The van der Waals surface area contributed by atoms with E-state index in [0.29, 0.717) is 18.5 Å². The summed E-state index contributed by atoms with van der Waals surface area (Å²) in [6, 6.07) is 13.4. The molecule has 0 aliphatic rings. The van der Waals surface area contributed by atoms with Gasteiger partial charge in [0.05, 0.1) is 6.42 Å². The van der Waals surface area contributed by atoms with Gasteiger partial charge in [-0.1, -0.05) is 24.3 Å². The molecule has 0 bridgehead atoms. The molecule has 4 nitrogen and oxygen atoms in total. The quantitative estimate of drug-likeness (QED) is 0.861. The van der Waals surface area contributed by atoms with Gasteiger partial charge < -0.3 is 10.6 Å². The van der Waals surface area contributed by atoms with E-state index in [0.717, 1.165) is 11.1 Å². The summed E-state index contributed by atoms with van der Waals surface area (Å²) in [5.74, 6) is -0.486. The maximum Gasteiger partial charge on any atom is 0.224 e. The monoisotopic (exact) mass is 314 g/mol. The summed E-state index contributed by atoms with van der Waals surface area (Å²) in [5, 5.41) is 5.35. The number of likely N-dealkylation sites (N-methyl/N-ethyl adjacent to an activating group) is 1. The lowest BCUT2D eigenvalue weighted by Gasteiger charge is -2.07. The number of hydrogen-bond acceptors (Lipinski definition) is 2. The second-order valence-electron chi connectivity index (χ2n) is 5.22. The largest absolute Gasteiger partial charge is 0.359 e. The van der Waals surface area contributed by atoms with Gasteiger partial charge in [-0.2, -0.15) is 0 Å². The zero-order chi connectivity index (χ0) is 16.7. The van der Waals surface area contributed by atoms with Crippen LogP contribution in [-0.4, -0.2) is 18.9 Å². The third kappa shape index (κ3) is 5.54. The molecule has 2 N–H and O–H groups in total. The molecule has 2 aromatic rings. The van der Waals surface area contributed by atoms with Crippen LogP contribution in [0.25, 0.3) is 0 Å². The summed E-state index contributed by atoms with van der Waals surface area (Å²) in [6.07, 6.45) is 1.08. The predicted molar refractivity (Wildman–Crippen MR) is 87.6 cm³/mol. The fourth-order valence-corrected chi connectivity index (χ4v) is 2.15. The fourth-order valence-electron chi connectivity index (χ4n) is 2.15. The molecule has 0 atom stereocenters. The van der Waals surface area contributed by atoms with Gasteiger partial charge in [0.2, 0.25) is 11.8 Å².